The van der Waals surface area contributed by atoms with Crippen LogP contribution >= 0.6 is 0 Å². The Morgan fingerprint density at radius 3 is 2.45 bits per heavy atom. The molecule has 1 aromatic heterocycles. The Morgan fingerprint density at radius 2 is 2.00 bits per heavy atom. The van der Waals surface area contributed by atoms with Gasteiger partial charge in [-0.1, -0.05) is 6.07 Å². The maximum atomic E-state index is 5.53. The van der Waals surface area contributed by atoms with Crippen LogP contribution in [0, 0.1) is 6.92 Å². The molecule has 0 aliphatic rings. The minimum absolute atomic E-state index is 0.569. The number of hydrogen-bond acceptors (Lipinski definition) is 3. The van der Waals surface area contributed by atoms with Crippen molar-refractivity contribution in [3.8, 4) is 0 Å². The molecule has 1 rings (SSSR count). The highest BCUT2D eigenvalue weighted by Gasteiger charge is 2.00. The molecule has 3 heteroatoms. The molecule has 0 spiro atoms. The average molecular weight is 151 g/mol. The Morgan fingerprint density at radius 1 is 1.36 bits per heavy atom. The van der Waals surface area contributed by atoms with Gasteiger partial charge in [0, 0.05) is 14.1 Å². The van der Waals surface area contributed by atoms with Gasteiger partial charge in [0.2, 0.25) is 0 Å². The van der Waals surface area contributed by atoms with Crippen LogP contribution in [0.25, 0.3) is 0 Å². The zero-order valence-electron chi connectivity index (χ0n) is 7.13. The minimum Gasteiger partial charge on any atom is -0.384 e. The van der Waals surface area contributed by atoms with E-state index in [2.05, 4.69) is 4.98 Å². The molecule has 0 amide bonds. The van der Waals surface area contributed by atoms with E-state index in [-0.39, 0.29) is 0 Å². The summed E-state index contributed by atoms with van der Waals surface area (Å²) in [5.74, 6) is 1.50. The maximum Gasteiger partial charge on any atom is 0.133 e. The number of aromatic nitrogens is 1. The van der Waals surface area contributed by atoms with Gasteiger partial charge in [0.05, 0.1) is 0 Å². The summed E-state index contributed by atoms with van der Waals surface area (Å²) in [5.41, 5.74) is 6.67. The lowest BCUT2D eigenvalue weighted by Gasteiger charge is -2.13. The Hall–Kier alpha value is -1.25. The number of hydrogen-bond donors (Lipinski definition) is 1. The summed E-state index contributed by atoms with van der Waals surface area (Å²) in [6.45, 7) is 2.02. The van der Waals surface area contributed by atoms with Gasteiger partial charge in [-0.15, -0.1) is 0 Å². The van der Waals surface area contributed by atoms with E-state index < -0.39 is 0 Å². The molecule has 2 N–H and O–H groups in total. The molecule has 0 atom stereocenters. The quantitative estimate of drug-likeness (QED) is 0.652. The van der Waals surface area contributed by atoms with Crippen LogP contribution in [0.2, 0.25) is 0 Å². The highest BCUT2D eigenvalue weighted by molar-refractivity contribution is 5.49. The van der Waals surface area contributed by atoms with Gasteiger partial charge in [-0.3, -0.25) is 0 Å². The van der Waals surface area contributed by atoms with Gasteiger partial charge in [-0.05, 0) is 18.6 Å². The number of aryl methyl sites for hydroxylation is 1. The van der Waals surface area contributed by atoms with Gasteiger partial charge in [0.1, 0.15) is 11.6 Å². The summed E-state index contributed by atoms with van der Waals surface area (Å²) >= 11 is 0. The minimum atomic E-state index is 0.569. The first-order valence-electron chi connectivity index (χ1n) is 3.51. The fraction of sp³-hybridized carbons (Fsp3) is 0.375. The van der Waals surface area contributed by atoms with E-state index in [9.17, 15) is 0 Å². The van der Waals surface area contributed by atoms with Crippen LogP contribution in [-0.2, 0) is 0 Å². The molecule has 0 saturated heterocycles. The molecule has 3 nitrogen and oxygen atoms in total. The van der Waals surface area contributed by atoms with Crippen molar-refractivity contribution >= 4 is 11.6 Å². The molecule has 1 heterocycles. The number of anilines is 2. The van der Waals surface area contributed by atoms with E-state index in [1.165, 1.54) is 0 Å². The zero-order valence-corrected chi connectivity index (χ0v) is 7.13. The van der Waals surface area contributed by atoms with Crippen molar-refractivity contribution in [2.75, 3.05) is 24.7 Å². The van der Waals surface area contributed by atoms with Gasteiger partial charge in [0.15, 0.2) is 0 Å². The van der Waals surface area contributed by atoms with Gasteiger partial charge >= 0.3 is 0 Å². The maximum absolute atomic E-state index is 5.53. The molecule has 1 aromatic rings. The Kier molecular flexibility index (Phi) is 1.98. The van der Waals surface area contributed by atoms with E-state index in [0.29, 0.717) is 5.82 Å². The fourth-order valence-electron chi connectivity index (χ4n) is 0.985. The van der Waals surface area contributed by atoms with Crippen molar-refractivity contribution in [3.05, 3.63) is 17.7 Å². The lowest BCUT2D eigenvalue weighted by molar-refractivity contribution is 1.05. The van der Waals surface area contributed by atoms with Gasteiger partial charge < -0.3 is 10.6 Å². The monoisotopic (exact) mass is 151 g/mol. The van der Waals surface area contributed by atoms with Crippen molar-refractivity contribution in [3.63, 3.8) is 0 Å². The third-order valence-electron chi connectivity index (χ3n) is 1.52. The van der Waals surface area contributed by atoms with Crippen LogP contribution in [0.5, 0.6) is 0 Å². The number of nitrogens with zero attached hydrogens (tertiary/aromatic N) is 2. The van der Waals surface area contributed by atoms with Crippen LogP contribution in [-0.4, -0.2) is 19.1 Å². The van der Waals surface area contributed by atoms with Crippen LogP contribution in [0.1, 0.15) is 5.56 Å². The van der Waals surface area contributed by atoms with Crippen LogP contribution in [0.15, 0.2) is 12.1 Å². The number of nitrogen functional groups attached to an aromatic ring is 1. The SMILES string of the molecule is Cc1ccc(N)nc1N(C)C. The van der Waals surface area contributed by atoms with Gasteiger partial charge in [-0.2, -0.15) is 0 Å². The first-order chi connectivity index (χ1) is 5.11. The van der Waals surface area contributed by atoms with E-state index in [1.807, 2.05) is 38.1 Å². The molecule has 60 valence electrons. The number of rotatable bonds is 1. The standard InChI is InChI=1S/C8H13N3/c1-6-4-5-7(9)10-8(6)11(2)3/h4-5H,1-3H3,(H2,9,10). The highest BCUT2D eigenvalue weighted by atomic mass is 15.1. The van der Waals surface area contributed by atoms with Crippen molar-refractivity contribution in [2.45, 2.75) is 6.92 Å². The molecular formula is C8H13N3. The Balaban J connectivity index is 3.13. The zero-order chi connectivity index (χ0) is 8.43. The van der Waals surface area contributed by atoms with Crippen molar-refractivity contribution < 1.29 is 0 Å². The molecule has 0 fully saturated rings. The summed E-state index contributed by atoms with van der Waals surface area (Å²) in [6.07, 6.45) is 0. The summed E-state index contributed by atoms with van der Waals surface area (Å²) in [6, 6.07) is 3.78. The smallest absolute Gasteiger partial charge is 0.133 e. The number of pyridine rings is 1. The predicted molar refractivity (Wildman–Crippen MR) is 47.7 cm³/mol. The van der Waals surface area contributed by atoms with Crippen LogP contribution < -0.4 is 10.6 Å². The van der Waals surface area contributed by atoms with Crippen molar-refractivity contribution in [1.82, 2.24) is 4.98 Å². The average Bonchev–Trinajstić information content (AvgIpc) is 1.94. The third-order valence-corrected chi connectivity index (χ3v) is 1.52. The largest absolute Gasteiger partial charge is 0.384 e. The van der Waals surface area contributed by atoms with Gasteiger partial charge in [-0.25, -0.2) is 4.98 Å². The molecule has 0 bridgehead atoms. The van der Waals surface area contributed by atoms with Crippen LogP contribution in [0.3, 0.4) is 0 Å². The van der Waals surface area contributed by atoms with E-state index in [1.54, 1.807) is 0 Å². The third kappa shape index (κ3) is 1.61. The molecule has 0 aromatic carbocycles. The van der Waals surface area contributed by atoms with E-state index in [4.69, 9.17) is 5.73 Å². The summed E-state index contributed by atoms with van der Waals surface area (Å²) in [7, 11) is 3.91. The topological polar surface area (TPSA) is 42.1 Å². The summed E-state index contributed by atoms with van der Waals surface area (Å²) in [4.78, 5) is 6.13. The Labute approximate surface area is 66.8 Å². The second-order valence-corrected chi connectivity index (χ2v) is 2.77. The normalized spacial score (nSPS) is 9.73. The van der Waals surface area contributed by atoms with Crippen LogP contribution in [0.4, 0.5) is 11.6 Å². The van der Waals surface area contributed by atoms with Gasteiger partial charge in [0.25, 0.3) is 0 Å². The van der Waals surface area contributed by atoms with E-state index >= 15 is 0 Å². The number of nitrogens with two attached hydrogens (primary N) is 1. The molecule has 0 saturated carbocycles. The first kappa shape index (κ1) is 7.85. The molecule has 0 aliphatic carbocycles. The molecular weight excluding hydrogens is 138 g/mol. The highest BCUT2D eigenvalue weighted by Crippen LogP contribution is 2.15. The fourth-order valence-corrected chi connectivity index (χ4v) is 0.985. The molecule has 0 radical (unpaired) electrons. The van der Waals surface area contributed by atoms with Crippen molar-refractivity contribution in [1.29, 1.82) is 0 Å². The lowest BCUT2D eigenvalue weighted by Crippen LogP contribution is -2.12. The molecule has 0 aliphatic heterocycles. The molecule has 11 heavy (non-hydrogen) atoms. The molecule has 0 unspecified atom stereocenters. The summed E-state index contributed by atoms with van der Waals surface area (Å²) in [5, 5.41) is 0. The second kappa shape index (κ2) is 2.78. The van der Waals surface area contributed by atoms with Crippen molar-refractivity contribution in [2.24, 2.45) is 0 Å². The second-order valence-electron chi connectivity index (χ2n) is 2.77. The Bertz CT molecular complexity index is 256. The predicted octanol–water partition coefficient (Wildman–Crippen LogP) is 1.04. The van der Waals surface area contributed by atoms with E-state index in [0.717, 1.165) is 11.4 Å². The summed E-state index contributed by atoms with van der Waals surface area (Å²) < 4.78 is 0. The first-order valence-corrected chi connectivity index (χ1v) is 3.51. The lowest BCUT2D eigenvalue weighted by atomic mass is 10.3.